The van der Waals surface area contributed by atoms with E-state index in [-0.39, 0.29) is 31.1 Å². The van der Waals surface area contributed by atoms with Crippen LogP contribution in [-0.4, -0.2) is 28.3 Å². The van der Waals surface area contributed by atoms with E-state index in [0.29, 0.717) is 23.2 Å². The summed E-state index contributed by atoms with van der Waals surface area (Å²) in [5.41, 5.74) is 3.72. The van der Waals surface area contributed by atoms with Crippen LogP contribution in [0.5, 0.6) is 10.9 Å². The first-order valence-corrected chi connectivity index (χ1v) is 12.7. The highest BCUT2D eigenvalue weighted by molar-refractivity contribution is 7.11. The molecule has 36 heavy (non-hydrogen) atoms. The molecule has 0 fully saturated rings. The summed E-state index contributed by atoms with van der Waals surface area (Å²) in [6.45, 7) is 2.57. The van der Waals surface area contributed by atoms with Gasteiger partial charge in [0.1, 0.15) is 11.5 Å². The van der Waals surface area contributed by atoms with Gasteiger partial charge in [0.05, 0.1) is 19.1 Å². The molecule has 0 aliphatic rings. The third kappa shape index (κ3) is 7.37. The Balaban J connectivity index is 1.38. The zero-order chi connectivity index (χ0) is 25.2. The lowest BCUT2D eigenvalue weighted by Crippen LogP contribution is -2.29. The van der Waals surface area contributed by atoms with E-state index in [2.05, 4.69) is 22.2 Å². The van der Waals surface area contributed by atoms with Crippen molar-refractivity contribution in [2.45, 2.75) is 32.8 Å². The number of aromatic nitrogens is 2. The summed E-state index contributed by atoms with van der Waals surface area (Å²) in [5.74, 6) is -0.245. The van der Waals surface area contributed by atoms with E-state index in [9.17, 15) is 9.59 Å². The Morgan fingerprint density at radius 3 is 2.56 bits per heavy atom. The molecule has 2 aromatic carbocycles. The molecule has 8 heteroatoms. The predicted octanol–water partition coefficient (Wildman–Crippen LogP) is 5.80. The molecule has 2 aromatic heterocycles. The Hall–Kier alpha value is -3.75. The Morgan fingerprint density at radius 1 is 1.06 bits per heavy atom. The number of nitrogens with zero attached hydrogens (tertiary/aromatic N) is 1. The van der Waals surface area contributed by atoms with Crippen molar-refractivity contribution in [1.29, 1.82) is 0 Å². The molecule has 4 aromatic rings. The largest absolute Gasteiger partial charge is 0.431 e. The van der Waals surface area contributed by atoms with E-state index in [4.69, 9.17) is 9.47 Å². The Labute approximate surface area is 214 Å². The highest BCUT2D eigenvalue weighted by Crippen LogP contribution is 2.25. The molecule has 0 bridgehead atoms. The van der Waals surface area contributed by atoms with Crippen LogP contribution in [0.4, 0.5) is 5.69 Å². The minimum atomic E-state index is -0.614. The van der Waals surface area contributed by atoms with Gasteiger partial charge in [0, 0.05) is 42.5 Å². The second kappa shape index (κ2) is 12.8. The quantitative estimate of drug-likeness (QED) is 0.241. The SMILES string of the molecule is CCc1c[nH]cc1CC(=O)CC(COCc1ccccc1)C(=O)Nc1ccc(Oc2nccs2)cc1. The van der Waals surface area contributed by atoms with Gasteiger partial charge in [-0.05, 0) is 47.4 Å². The van der Waals surface area contributed by atoms with E-state index >= 15 is 0 Å². The Morgan fingerprint density at radius 2 is 1.83 bits per heavy atom. The van der Waals surface area contributed by atoms with Gasteiger partial charge in [-0.1, -0.05) is 48.6 Å². The second-order valence-electron chi connectivity index (χ2n) is 8.39. The molecule has 1 amide bonds. The molecule has 0 aliphatic heterocycles. The van der Waals surface area contributed by atoms with Crippen LogP contribution in [0.3, 0.4) is 0 Å². The van der Waals surface area contributed by atoms with Gasteiger partial charge < -0.3 is 19.8 Å². The molecule has 7 nitrogen and oxygen atoms in total. The van der Waals surface area contributed by atoms with Crippen molar-refractivity contribution >= 4 is 28.7 Å². The summed E-state index contributed by atoms with van der Waals surface area (Å²) in [4.78, 5) is 33.2. The molecule has 186 valence electrons. The molecule has 0 aliphatic carbocycles. The van der Waals surface area contributed by atoms with Gasteiger partial charge >= 0.3 is 0 Å². The third-order valence-electron chi connectivity index (χ3n) is 5.71. The molecule has 4 rings (SSSR count). The first kappa shape index (κ1) is 25.3. The van der Waals surface area contributed by atoms with E-state index in [1.54, 1.807) is 30.5 Å². The number of carbonyl (C=O) groups excluding carboxylic acids is 2. The number of thiazole rings is 1. The summed E-state index contributed by atoms with van der Waals surface area (Å²) in [7, 11) is 0. The maximum absolute atomic E-state index is 13.2. The second-order valence-corrected chi connectivity index (χ2v) is 9.25. The standard InChI is InChI=1S/C28H29N3O4S/c1-2-21-16-29-17-22(21)14-25(32)15-23(19-34-18-20-6-4-3-5-7-20)27(33)31-24-8-10-26(11-9-24)35-28-30-12-13-36-28/h3-13,16-17,23,29H,2,14-15,18-19H2,1H3,(H,31,33). The molecule has 0 radical (unpaired) electrons. The van der Waals surface area contributed by atoms with Gasteiger partial charge in [0.2, 0.25) is 5.91 Å². The first-order chi connectivity index (χ1) is 17.6. The first-order valence-electron chi connectivity index (χ1n) is 11.9. The van der Waals surface area contributed by atoms with Crippen molar-refractivity contribution in [3.63, 3.8) is 0 Å². The number of hydrogen-bond donors (Lipinski definition) is 2. The van der Waals surface area contributed by atoms with E-state index in [0.717, 1.165) is 23.1 Å². The normalized spacial score (nSPS) is 11.7. The van der Waals surface area contributed by atoms with Crippen LogP contribution < -0.4 is 10.1 Å². The number of aryl methyl sites for hydroxylation is 1. The van der Waals surface area contributed by atoms with Gasteiger partial charge in [-0.25, -0.2) is 4.98 Å². The molecule has 2 heterocycles. The highest BCUT2D eigenvalue weighted by Gasteiger charge is 2.23. The summed E-state index contributed by atoms with van der Waals surface area (Å²) >= 11 is 1.40. The molecule has 0 spiro atoms. The number of ether oxygens (including phenoxy) is 2. The number of benzene rings is 2. The molecule has 1 unspecified atom stereocenters. The number of hydrogen-bond acceptors (Lipinski definition) is 6. The maximum atomic E-state index is 13.2. The molecular formula is C28H29N3O4S. The number of amides is 1. The summed E-state index contributed by atoms with van der Waals surface area (Å²) in [5, 5.41) is 5.31. The third-order valence-corrected chi connectivity index (χ3v) is 6.36. The van der Waals surface area contributed by atoms with Crippen LogP contribution in [0.2, 0.25) is 0 Å². The van der Waals surface area contributed by atoms with Crippen molar-refractivity contribution in [1.82, 2.24) is 9.97 Å². The zero-order valence-corrected chi connectivity index (χ0v) is 20.9. The van der Waals surface area contributed by atoms with Crippen LogP contribution in [0, 0.1) is 5.92 Å². The van der Waals surface area contributed by atoms with Crippen molar-refractivity contribution in [2.24, 2.45) is 5.92 Å². The summed E-state index contributed by atoms with van der Waals surface area (Å²) < 4.78 is 11.5. The van der Waals surface area contributed by atoms with E-state index in [1.807, 2.05) is 48.1 Å². The minimum absolute atomic E-state index is 0.0000399. The Kier molecular flexibility index (Phi) is 9.02. The molecule has 1 atom stereocenters. The van der Waals surface area contributed by atoms with Crippen molar-refractivity contribution in [3.8, 4) is 10.9 Å². The number of Topliss-reactive ketones (excluding diaryl/α,β-unsaturated/α-hetero) is 1. The lowest BCUT2D eigenvalue weighted by molar-refractivity contribution is -0.128. The fraction of sp³-hybridized carbons (Fsp3) is 0.250. The van der Waals surface area contributed by atoms with Crippen LogP contribution in [0.25, 0.3) is 0 Å². The lowest BCUT2D eigenvalue weighted by Gasteiger charge is -2.17. The average molecular weight is 504 g/mol. The fourth-order valence-corrected chi connectivity index (χ4v) is 4.32. The lowest BCUT2D eigenvalue weighted by atomic mass is 9.97. The van der Waals surface area contributed by atoms with Gasteiger partial charge in [-0.15, -0.1) is 0 Å². The maximum Gasteiger partial charge on any atom is 0.278 e. The molecule has 0 saturated heterocycles. The van der Waals surface area contributed by atoms with Gasteiger partial charge in [-0.2, -0.15) is 0 Å². The fourth-order valence-electron chi connectivity index (χ4n) is 3.81. The van der Waals surface area contributed by atoms with Crippen LogP contribution >= 0.6 is 11.3 Å². The molecule has 2 N–H and O–H groups in total. The highest BCUT2D eigenvalue weighted by atomic mass is 32.1. The number of carbonyl (C=O) groups is 2. The summed E-state index contributed by atoms with van der Waals surface area (Å²) in [6.07, 6.45) is 6.68. The smallest absolute Gasteiger partial charge is 0.278 e. The van der Waals surface area contributed by atoms with E-state index in [1.165, 1.54) is 11.3 Å². The van der Waals surface area contributed by atoms with Crippen molar-refractivity contribution < 1.29 is 19.1 Å². The molecular weight excluding hydrogens is 474 g/mol. The van der Waals surface area contributed by atoms with Crippen LogP contribution in [0.1, 0.15) is 30.0 Å². The van der Waals surface area contributed by atoms with Gasteiger partial charge in [-0.3, -0.25) is 9.59 Å². The number of aromatic amines is 1. The number of H-pyrrole nitrogens is 1. The molecule has 0 saturated carbocycles. The number of anilines is 1. The Bertz CT molecular complexity index is 1240. The number of nitrogens with one attached hydrogen (secondary N) is 2. The van der Waals surface area contributed by atoms with Gasteiger partial charge in [0.25, 0.3) is 5.19 Å². The van der Waals surface area contributed by atoms with Crippen LogP contribution in [-0.2, 0) is 33.8 Å². The summed E-state index contributed by atoms with van der Waals surface area (Å²) in [6, 6.07) is 16.8. The van der Waals surface area contributed by atoms with Gasteiger partial charge in [0.15, 0.2) is 0 Å². The van der Waals surface area contributed by atoms with Crippen LogP contribution in [0.15, 0.2) is 78.6 Å². The van der Waals surface area contributed by atoms with Crippen molar-refractivity contribution in [3.05, 3.63) is 95.3 Å². The number of ketones is 1. The number of rotatable bonds is 13. The van der Waals surface area contributed by atoms with E-state index < -0.39 is 5.92 Å². The minimum Gasteiger partial charge on any atom is -0.431 e. The topological polar surface area (TPSA) is 93.3 Å². The zero-order valence-electron chi connectivity index (χ0n) is 20.1. The predicted molar refractivity (Wildman–Crippen MR) is 140 cm³/mol. The monoisotopic (exact) mass is 503 g/mol. The average Bonchev–Trinajstić information content (AvgIpc) is 3.57. The van der Waals surface area contributed by atoms with Crippen molar-refractivity contribution in [2.75, 3.05) is 11.9 Å².